The van der Waals surface area contributed by atoms with Gasteiger partial charge < -0.3 is 5.11 Å². The summed E-state index contributed by atoms with van der Waals surface area (Å²) in [5.74, 6) is -1.40. The summed E-state index contributed by atoms with van der Waals surface area (Å²) in [4.78, 5) is 10.4. The fourth-order valence-electron chi connectivity index (χ4n) is 1.19. The summed E-state index contributed by atoms with van der Waals surface area (Å²) < 4.78 is 23.9. The van der Waals surface area contributed by atoms with Crippen molar-refractivity contribution in [1.82, 2.24) is 0 Å². The van der Waals surface area contributed by atoms with Crippen molar-refractivity contribution in [2.24, 2.45) is 0 Å². The minimum Gasteiger partial charge on any atom is -0.478 e. The third-order valence-corrected chi connectivity index (χ3v) is 4.90. The van der Waals surface area contributed by atoms with Crippen LogP contribution in [-0.4, -0.2) is 24.7 Å². The molecule has 8 heteroatoms. The lowest BCUT2D eigenvalue weighted by atomic mass is 10.2. The molecule has 0 amide bonds. The Morgan fingerprint density at radius 1 is 1.44 bits per heavy atom. The van der Waals surface area contributed by atoms with Gasteiger partial charge in [0, 0.05) is 5.02 Å². The van der Waals surface area contributed by atoms with E-state index in [0.717, 1.165) is 12.1 Å². The Balaban J connectivity index is 3.63. The van der Waals surface area contributed by atoms with E-state index >= 15 is 0 Å². The number of rotatable bonds is 3. The Morgan fingerprint density at radius 3 is 2.44 bits per heavy atom. The van der Waals surface area contributed by atoms with Crippen LogP contribution in [-0.2, 0) is 9.84 Å². The van der Waals surface area contributed by atoms with Crippen LogP contribution < -0.4 is 0 Å². The van der Waals surface area contributed by atoms with Crippen LogP contribution in [0.3, 0.4) is 0 Å². The van der Waals surface area contributed by atoms with Crippen LogP contribution >= 0.6 is 23.2 Å². The number of nitriles is 1. The van der Waals surface area contributed by atoms with Crippen LogP contribution in [0.5, 0.6) is 0 Å². The van der Waals surface area contributed by atoms with E-state index in [1.54, 1.807) is 6.07 Å². The number of carboxylic acid groups (broad SMARTS) is 1. The second-order valence-corrected chi connectivity index (χ2v) is 6.44. The molecule has 0 spiro atoms. The number of aromatic carboxylic acids is 1. The fourth-order valence-corrected chi connectivity index (χ4v) is 3.15. The highest BCUT2D eigenvalue weighted by molar-refractivity contribution is 7.92. The lowest BCUT2D eigenvalue weighted by Crippen LogP contribution is -2.17. The largest absolute Gasteiger partial charge is 0.478 e. The minimum atomic E-state index is -4.04. The van der Waals surface area contributed by atoms with Crippen LogP contribution in [0.15, 0.2) is 17.0 Å². The maximum Gasteiger partial charge on any atom is 0.337 e. The topological polar surface area (TPSA) is 95.2 Å². The third kappa shape index (κ3) is 2.58. The van der Waals surface area contributed by atoms with Crippen LogP contribution in [0.1, 0.15) is 17.3 Å². The number of hydrogen-bond acceptors (Lipinski definition) is 4. The second kappa shape index (κ2) is 5.14. The molecule has 0 bridgehead atoms. The molecule has 1 atom stereocenters. The molecule has 1 aromatic rings. The zero-order valence-electron chi connectivity index (χ0n) is 9.02. The summed E-state index contributed by atoms with van der Waals surface area (Å²) in [6.45, 7) is 1.17. The summed E-state index contributed by atoms with van der Waals surface area (Å²) in [6.07, 6.45) is 0. The lowest BCUT2D eigenvalue weighted by Gasteiger charge is -2.10. The van der Waals surface area contributed by atoms with Gasteiger partial charge in [0.1, 0.15) is 5.25 Å². The van der Waals surface area contributed by atoms with Gasteiger partial charge in [-0.3, -0.25) is 0 Å². The molecular weight excluding hydrogens is 301 g/mol. The molecule has 1 unspecified atom stereocenters. The molecule has 0 aliphatic rings. The Labute approximate surface area is 113 Å². The summed E-state index contributed by atoms with van der Waals surface area (Å²) in [6, 6.07) is 3.63. The SMILES string of the molecule is CC(C#N)S(=O)(=O)c1cc(Cl)cc(C(=O)O)c1Cl. The van der Waals surface area contributed by atoms with Crippen molar-refractivity contribution in [2.45, 2.75) is 17.1 Å². The van der Waals surface area contributed by atoms with E-state index in [-0.39, 0.29) is 5.02 Å². The van der Waals surface area contributed by atoms with Crippen LogP contribution in [0, 0.1) is 11.3 Å². The molecule has 0 fully saturated rings. The molecule has 0 aliphatic carbocycles. The number of halogens is 2. The summed E-state index contributed by atoms with van der Waals surface area (Å²) in [5.41, 5.74) is -0.423. The van der Waals surface area contributed by atoms with Gasteiger partial charge in [0.15, 0.2) is 9.84 Å². The van der Waals surface area contributed by atoms with Crippen molar-refractivity contribution in [2.75, 3.05) is 0 Å². The van der Waals surface area contributed by atoms with Gasteiger partial charge in [-0.05, 0) is 19.1 Å². The molecule has 1 N–H and O–H groups in total. The van der Waals surface area contributed by atoms with Crippen molar-refractivity contribution in [3.8, 4) is 6.07 Å². The van der Waals surface area contributed by atoms with E-state index in [2.05, 4.69) is 0 Å². The first-order valence-corrected chi connectivity index (χ1v) is 6.88. The molecular formula is C10H7Cl2NO4S. The highest BCUT2D eigenvalue weighted by Crippen LogP contribution is 2.31. The predicted octanol–water partition coefficient (Wildman–Crippen LogP) is 2.38. The Kier molecular flexibility index (Phi) is 4.22. The lowest BCUT2D eigenvalue weighted by molar-refractivity contribution is 0.0697. The molecule has 0 aliphatic heterocycles. The first kappa shape index (κ1) is 14.8. The van der Waals surface area contributed by atoms with Gasteiger partial charge in [-0.15, -0.1) is 0 Å². The van der Waals surface area contributed by atoms with Gasteiger partial charge in [-0.1, -0.05) is 23.2 Å². The highest BCUT2D eigenvalue weighted by Gasteiger charge is 2.28. The van der Waals surface area contributed by atoms with Gasteiger partial charge in [-0.25, -0.2) is 13.2 Å². The summed E-state index contributed by atoms with van der Waals surface area (Å²) >= 11 is 11.4. The van der Waals surface area contributed by atoms with E-state index in [1.807, 2.05) is 0 Å². The van der Waals surface area contributed by atoms with Crippen LogP contribution in [0.4, 0.5) is 0 Å². The number of hydrogen-bond donors (Lipinski definition) is 1. The zero-order valence-corrected chi connectivity index (χ0v) is 11.3. The number of carboxylic acids is 1. The molecule has 0 aromatic heterocycles. The number of sulfone groups is 1. The standard InChI is InChI=1S/C10H7Cl2NO4S/c1-5(4-13)18(16,17)8-3-6(11)2-7(9(8)12)10(14)15/h2-3,5H,1H3,(H,14,15). The van der Waals surface area contributed by atoms with Crippen LogP contribution in [0.2, 0.25) is 10.0 Å². The first-order valence-electron chi connectivity index (χ1n) is 4.57. The van der Waals surface area contributed by atoms with E-state index in [4.69, 9.17) is 33.6 Å². The number of nitrogens with zero attached hydrogens (tertiary/aromatic N) is 1. The van der Waals surface area contributed by atoms with Gasteiger partial charge in [0.05, 0.1) is 21.6 Å². The molecule has 0 saturated carbocycles. The van der Waals surface area contributed by atoms with Crippen molar-refractivity contribution >= 4 is 39.0 Å². The average molecular weight is 308 g/mol. The van der Waals surface area contributed by atoms with E-state index in [0.29, 0.717) is 0 Å². The number of benzene rings is 1. The maximum atomic E-state index is 12.0. The molecule has 0 radical (unpaired) electrons. The highest BCUT2D eigenvalue weighted by atomic mass is 35.5. The van der Waals surface area contributed by atoms with Gasteiger partial charge >= 0.3 is 5.97 Å². The first-order chi connectivity index (χ1) is 8.21. The molecule has 0 saturated heterocycles. The second-order valence-electron chi connectivity index (χ2n) is 3.39. The Hall–Kier alpha value is -1.29. The minimum absolute atomic E-state index is 0.0829. The Morgan fingerprint density at radius 2 is 2.00 bits per heavy atom. The Bertz CT molecular complexity index is 649. The normalized spacial score (nSPS) is 12.8. The van der Waals surface area contributed by atoms with Gasteiger partial charge in [-0.2, -0.15) is 5.26 Å². The molecule has 1 aromatic carbocycles. The van der Waals surface area contributed by atoms with Crippen LogP contribution in [0.25, 0.3) is 0 Å². The van der Waals surface area contributed by atoms with Crippen molar-refractivity contribution in [3.05, 3.63) is 27.7 Å². The van der Waals surface area contributed by atoms with E-state index in [9.17, 15) is 13.2 Å². The quantitative estimate of drug-likeness (QED) is 0.925. The molecule has 0 heterocycles. The predicted molar refractivity (Wildman–Crippen MR) is 65.7 cm³/mol. The fraction of sp³-hybridized carbons (Fsp3) is 0.200. The van der Waals surface area contributed by atoms with Crippen molar-refractivity contribution < 1.29 is 18.3 Å². The van der Waals surface area contributed by atoms with Crippen molar-refractivity contribution in [3.63, 3.8) is 0 Å². The summed E-state index contributed by atoms with van der Waals surface area (Å²) in [5, 5.41) is 15.6. The third-order valence-electron chi connectivity index (χ3n) is 2.19. The van der Waals surface area contributed by atoms with Crippen molar-refractivity contribution in [1.29, 1.82) is 5.26 Å². The molecule has 18 heavy (non-hydrogen) atoms. The van der Waals surface area contributed by atoms with E-state index in [1.165, 1.54) is 6.92 Å². The summed E-state index contributed by atoms with van der Waals surface area (Å²) in [7, 11) is -4.04. The molecule has 1 rings (SSSR count). The molecule has 5 nitrogen and oxygen atoms in total. The smallest absolute Gasteiger partial charge is 0.337 e. The maximum absolute atomic E-state index is 12.0. The number of carbonyl (C=O) groups is 1. The van der Waals surface area contributed by atoms with Gasteiger partial charge in [0.2, 0.25) is 0 Å². The molecule has 96 valence electrons. The monoisotopic (exact) mass is 307 g/mol. The van der Waals surface area contributed by atoms with Gasteiger partial charge in [0.25, 0.3) is 0 Å². The average Bonchev–Trinajstić information content (AvgIpc) is 2.29. The zero-order chi connectivity index (χ0) is 14.1. The van der Waals surface area contributed by atoms with E-state index < -0.39 is 36.5 Å².